The number of fused-ring (bicyclic) bond motifs is 1. The van der Waals surface area contributed by atoms with E-state index in [0.717, 1.165) is 70.8 Å². The molecule has 0 radical (unpaired) electrons. The van der Waals surface area contributed by atoms with Crippen LogP contribution in [-0.4, -0.2) is 145 Å². The zero-order valence-electron chi connectivity index (χ0n) is 40.4. The molecule has 1 aromatic rings. The summed E-state index contributed by atoms with van der Waals surface area (Å²) in [5, 5.41) is 15.2. The number of hydrogen-bond donors (Lipinski definition) is 2. The van der Waals surface area contributed by atoms with Gasteiger partial charge >= 0.3 is 56.9 Å². The van der Waals surface area contributed by atoms with Crippen LogP contribution in [0.5, 0.6) is 11.5 Å². The van der Waals surface area contributed by atoms with Crippen LogP contribution in [0.15, 0.2) is 24.3 Å². The summed E-state index contributed by atoms with van der Waals surface area (Å²) in [7, 11) is 1.83. The minimum atomic E-state index is -1.17. The van der Waals surface area contributed by atoms with Gasteiger partial charge in [-0.1, -0.05) is 26.0 Å². The summed E-state index contributed by atoms with van der Waals surface area (Å²) in [6.07, 6.45) is 1.05. The van der Waals surface area contributed by atoms with Crippen LogP contribution in [0, 0.1) is 5.41 Å². The molecule has 5 heterocycles. The van der Waals surface area contributed by atoms with Gasteiger partial charge in [-0.3, -0.25) is 0 Å². The van der Waals surface area contributed by atoms with Crippen molar-refractivity contribution < 1.29 is 75.2 Å². The first-order valence-electron chi connectivity index (χ1n) is 21.1. The zero-order chi connectivity index (χ0) is 46.4. The third-order valence-corrected chi connectivity index (χ3v) is 8.47. The van der Waals surface area contributed by atoms with E-state index in [1.807, 2.05) is 85.9 Å². The molecule has 2 N–H and O–H groups in total. The molecule has 0 atom stereocenters. The van der Waals surface area contributed by atoms with Crippen molar-refractivity contribution >= 4 is 56.9 Å². The summed E-state index contributed by atoms with van der Waals surface area (Å²) in [5.74, 6) is 1.69. The predicted molar refractivity (Wildman–Crippen MR) is 247 cm³/mol. The maximum Gasteiger partial charge on any atom is 0.591 e. The molecule has 342 valence electrons. The Morgan fingerprint density at radius 2 is 0.917 bits per heavy atom. The highest BCUT2D eigenvalue weighted by atomic mass is 16.7. The molecule has 4 saturated heterocycles. The van der Waals surface area contributed by atoms with Crippen molar-refractivity contribution in [2.75, 3.05) is 67.1 Å². The van der Waals surface area contributed by atoms with E-state index in [9.17, 15) is 0 Å². The maximum absolute atomic E-state index is 7.61. The van der Waals surface area contributed by atoms with Crippen molar-refractivity contribution in [2.24, 2.45) is 5.41 Å². The van der Waals surface area contributed by atoms with Crippen molar-refractivity contribution in [3.63, 3.8) is 0 Å². The fourth-order valence-corrected chi connectivity index (χ4v) is 4.64. The third-order valence-electron chi connectivity index (χ3n) is 8.47. The van der Waals surface area contributed by atoms with E-state index < -0.39 is 7.12 Å². The Bertz CT molecular complexity index is 1090. The maximum atomic E-state index is 7.61. The summed E-state index contributed by atoms with van der Waals surface area (Å²) >= 11 is 0. The SMILES string of the molecule is CB(O)O.CB1OC(C)(C)C(C)(C)O1.CB1OCC(C)(C)CO1.CB1OCCCO1.CB1OCCO1.CB1Oc2ccccc2O1.CCOB(C)OCC.COB(C)OC. The lowest BCUT2D eigenvalue weighted by Gasteiger charge is -2.32. The molecule has 0 aromatic heterocycles. The van der Waals surface area contributed by atoms with Gasteiger partial charge in [0.05, 0.1) is 24.4 Å². The van der Waals surface area contributed by atoms with Gasteiger partial charge < -0.3 is 75.2 Å². The molecule has 60 heavy (non-hydrogen) atoms. The van der Waals surface area contributed by atoms with Gasteiger partial charge in [-0.2, -0.15) is 0 Å². The lowest BCUT2D eigenvalue weighted by atomic mass is 9.86. The van der Waals surface area contributed by atoms with E-state index in [1.54, 1.807) is 14.2 Å². The Kier molecular flexibility index (Phi) is 34.7. The first-order chi connectivity index (χ1) is 27.9. The smallest absolute Gasteiger partial charge is 0.523 e. The van der Waals surface area contributed by atoms with Gasteiger partial charge in [0, 0.05) is 59.3 Å². The Morgan fingerprint density at radius 3 is 1.13 bits per heavy atom. The molecule has 4 fully saturated rings. The molecule has 0 amide bonds. The molecule has 0 unspecified atom stereocenters. The number of para-hydroxylation sites is 2. The normalized spacial score (nSPS) is 18.6. The molecule has 1 aromatic carbocycles. The van der Waals surface area contributed by atoms with Gasteiger partial charge in [-0.25, -0.2) is 0 Å². The van der Waals surface area contributed by atoms with Crippen LogP contribution in [0.1, 0.15) is 61.8 Å². The van der Waals surface area contributed by atoms with Gasteiger partial charge in [0.1, 0.15) is 11.5 Å². The largest absolute Gasteiger partial charge is 0.591 e. The highest BCUT2D eigenvalue weighted by Gasteiger charge is 2.48. The zero-order valence-corrected chi connectivity index (χ0v) is 40.4. The molecule has 24 heteroatoms. The second-order valence-corrected chi connectivity index (χ2v) is 15.5. The van der Waals surface area contributed by atoms with Crippen LogP contribution in [0.2, 0.25) is 54.6 Å². The lowest BCUT2D eigenvalue weighted by Crippen LogP contribution is -2.41. The van der Waals surface area contributed by atoms with Crippen molar-refractivity contribution in [2.45, 2.75) is 128 Å². The summed E-state index contributed by atoms with van der Waals surface area (Å²) in [6.45, 7) is 37.3. The summed E-state index contributed by atoms with van der Waals surface area (Å²) < 4.78 is 71.6. The first-order valence-corrected chi connectivity index (χ1v) is 21.1. The predicted octanol–water partition coefficient (Wildman–Crippen LogP) is 5.82. The van der Waals surface area contributed by atoms with Gasteiger partial charge in [0.25, 0.3) is 0 Å². The second-order valence-electron chi connectivity index (χ2n) is 15.5. The van der Waals surface area contributed by atoms with Gasteiger partial charge in [-0.15, -0.1) is 0 Å². The minimum absolute atomic E-state index is 0.00183. The van der Waals surface area contributed by atoms with Crippen molar-refractivity contribution in [3.05, 3.63) is 24.3 Å². The Labute approximate surface area is 367 Å². The van der Waals surface area contributed by atoms with Gasteiger partial charge in [0.2, 0.25) is 0 Å². The monoisotopic (exact) mass is 855 g/mol. The molecular weight excluding hydrogens is 775 g/mol. The average molecular weight is 854 g/mol. The third kappa shape index (κ3) is 32.5. The number of hydrogen-bond acceptors (Lipinski definition) is 16. The van der Waals surface area contributed by atoms with Crippen LogP contribution in [-0.2, 0) is 55.9 Å². The Morgan fingerprint density at radius 1 is 0.567 bits per heavy atom. The number of benzene rings is 1. The molecule has 0 saturated carbocycles. The minimum Gasteiger partial charge on any atom is -0.523 e. The highest BCUT2D eigenvalue weighted by molar-refractivity contribution is 6.46. The van der Waals surface area contributed by atoms with Crippen LogP contribution in [0.4, 0.5) is 0 Å². The Hall–Kier alpha value is -1.22. The lowest BCUT2D eigenvalue weighted by molar-refractivity contribution is 0.00578. The van der Waals surface area contributed by atoms with Gasteiger partial charge in [0.15, 0.2) is 0 Å². The molecule has 16 nitrogen and oxygen atoms in total. The van der Waals surface area contributed by atoms with E-state index in [0.29, 0.717) is 0 Å². The quantitative estimate of drug-likeness (QED) is 0.328. The van der Waals surface area contributed by atoms with E-state index in [-0.39, 0.29) is 66.4 Å². The van der Waals surface area contributed by atoms with Crippen molar-refractivity contribution in [1.29, 1.82) is 0 Å². The number of rotatable bonds is 6. The molecule has 5 aliphatic heterocycles. The standard InChI is InChI=1S/C7H7BO2.C7H15BO2.C6H13BO2.C5H13BO2.C4H9BO2.C3H7BO2.C3H9BO2.CH5BO2/c1-8-9-6-4-2-3-5-7(6)10-8;1-6(2)7(3,4)10-8(5)9-6;1-6(2)4-8-7(3)9-5-6;1-4-7-6(3)8-5-2;1-5-6-3-2-4-7-5;1-4-5-2-3-6-4;1-4(5-2)6-3;1-2(3)4/h2-5H,1H3;1-5H3;4-5H2,1-3H3;4-5H2,1-3H3;2-4H2,1H3;2-3H2,1H3;1-3H3;3-4H,1H3. The van der Waals surface area contributed by atoms with E-state index in [1.165, 1.54) is 6.82 Å². The Balaban J connectivity index is 0. The van der Waals surface area contributed by atoms with Crippen LogP contribution >= 0.6 is 0 Å². The molecule has 0 aliphatic carbocycles. The molecule has 0 bridgehead atoms. The van der Waals surface area contributed by atoms with Gasteiger partial charge in [-0.05, 0) is 115 Å². The highest BCUT2D eigenvalue weighted by Crippen LogP contribution is 2.36. The van der Waals surface area contributed by atoms with Crippen LogP contribution in [0.3, 0.4) is 0 Å². The average Bonchev–Trinajstić information content (AvgIpc) is 3.85. The van der Waals surface area contributed by atoms with Crippen LogP contribution < -0.4 is 9.31 Å². The molecule has 6 rings (SSSR count). The summed E-state index contributed by atoms with van der Waals surface area (Å²) in [4.78, 5) is 0. The van der Waals surface area contributed by atoms with Crippen LogP contribution in [0.25, 0.3) is 0 Å². The molecule has 5 aliphatic rings. The van der Waals surface area contributed by atoms with E-state index in [4.69, 9.17) is 65.9 Å². The topological polar surface area (TPSA) is 170 Å². The fourth-order valence-electron chi connectivity index (χ4n) is 4.64. The second kappa shape index (κ2) is 34.2. The summed E-state index contributed by atoms with van der Waals surface area (Å²) in [6, 6.07) is 7.66. The summed E-state index contributed by atoms with van der Waals surface area (Å²) in [5.41, 5.74) is -0.106. The van der Waals surface area contributed by atoms with E-state index in [2.05, 4.69) is 50.9 Å². The molecule has 0 spiro atoms. The first kappa shape index (κ1) is 60.9. The van der Waals surface area contributed by atoms with E-state index >= 15 is 0 Å². The molecular formula is C36H78B8O16. The van der Waals surface area contributed by atoms with Crippen molar-refractivity contribution in [3.8, 4) is 11.5 Å². The van der Waals surface area contributed by atoms with Crippen molar-refractivity contribution in [1.82, 2.24) is 0 Å². The fraction of sp³-hybridized carbons (Fsp3) is 0.833.